The largest absolute Gasteiger partial charge is 0.481 e. The van der Waals surface area contributed by atoms with Gasteiger partial charge in [0.15, 0.2) is 5.78 Å². The molecule has 0 radical (unpaired) electrons. The van der Waals surface area contributed by atoms with Gasteiger partial charge in [0, 0.05) is 18.3 Å². The number of Topliss-reactive ketones (excluding diaryl/α,β-unsaturated/α-hetero) is 2. The van der Waals surface area contributed by atoms with Crippen LogP contribution >= 0.6 is 0 Å². The number of ketones is 2. The minimum absolute atomic E-state index is 0.0423. The van der Waals surface area contributed by atoms with Gasteiger partial charge in [-0.1, -0.05) is 33.6 Å². The van der Waals surface area contributed by atoms with Gasteiger partial charge in [0.2, 0.25) is 5.78 Å². The fourth-order valence-electron chi connectivity index (χ4n) is 1.62. The van der Waals surface area contributed by atoms with Crippen molar-refractivity contribution in [2.24, 2.45) is 5.41 Å². The number of carboxylic acids is 1. The molecule has 0 spiro atoms. The molecule has 0 aliphatic heterocycles. The molecular formula is C13H22O4. The molecule has 0 aromatic carbocycles. The topological polar surface area (TPSA) is 71.4 Å². The zero-order valence-electron chi connectivity index (χ0n) is 10.9. The Hall–Kier alpha value is -1.19. The van der Waals surface area contributed by atoms with E-state index in [0.29, 0.717) is 6.42 Å². The van der Waals surface area contributed by atoms with Crippen LogP contribution in [-0.4, -0.2) is 22.6 Å². The predicted molar refractivity (Wildman–Crippen MR) is 64.8 cm³/mol. The van der Waals surface area contributed by atoms with Crippen LogP contribution in [0.1, 0.15) is 59.3 Å². The Morgan fingerprint density at radius 2 is 1.65 bits per heavy atom. The normalized spacial score (nSPS) is 11.2. The van der Waals surface area contributed by atoms with Gasteiger partial charge >= 0.3 is 5.97 Å². The van der Waals surface area contributed by atoms with E-state index in [0.717, 1.165) is 12.8 Å². The minimum atomic E-state index is -0.935. The lowest BCUT2D eigenvalue weighted by Gasteiger charge is -2.21. The Bertz CT molecular complexity index is 292. The molecule has 0 fully saturated rings. The van der Waals surface area contributed by atoms with Crippen LogP contribution in [0.3, 0.4) is 0 Å². The monoisotopic (exact) mass is 242 g/mol. The molecule has 0 aromatic rings. The van der Waals surface area contributed by atoms with E-state index in [1.54, 1.807) is 13.8 Å². The summed E-state index contributed by atoms with van der Waals surface area (Å²) in [6.07, 6.45) is 2.83. The molecule has 0 bridgehead atoms. The van der Waals surface area contributed by atoms with E-state index in [2.05, 4.69) is 0 Å². The molecule has 1 N–H and O–H groups in total. The number of carbonyl (C=O) groups excluding carboxylic acids is 2. The van der Waals surface area contributed by atoms with Crippen LogP contribution in [-0.2, 0) is 14.4 Å². The molecule has 0 saturated heterocycles. The van der Waals surface area contributed by atoms with Crippen molar-refractivity contribution in [3.05, 3.63) is 0 Å². The Labute approximate surface area is 102 Å². The molecule has 0 atom stereocenters. The maximum absolute atomic E-state index is 11.8. The summed E-state index contributed by atoms with van der Waals surface area (Å²) in [5.74, 6) is -1.74. The van der Waals surface area contributed by atoms with Gasteiger partial charge in [-0.05, 0) is 12.8 Å². The average Bonchev–Trinajstić information content (AvgIpc) is 2.24. The van der Waals surface area contributed by atoms with E-state index >= 15 is 0 Å². The second-order valence-electron chi connectivity index (χ2n) is 4.99. The first-order chi connectivity index (χ1) is 7.81. The van der Waals surface area contributed by atoms with Crippen molar-refractivity contribution in [2.45, 2.75) is 59.3 Å². The van der Waals surface area contributed by atoms with Gasteiger partial charge in [0.05, 0.1) is 0 Å². The van der Waals surface area contributed by atoms with Crippen molar-refractivity contribution in [3.8, 4) is 0 Å². The number of aliphatic carboxylic acids is 1. The summed E-state index contributed by atoms with van der Waals surface area (Å²) in [7, 11) is 0. The summed E-state index contributed by atoms with van der Waals surface area (Å²) >= 11 is 0. The highest BCUT2D eigenvalue weighted by atomic mass is 16.4. The number of hydrogen-bond acceptors (Lipinski definition) is 3. The molecule has 0 aromatic heterocycles. The third-order valence-electron chi connectivity index (χ3n) is 2.82. The summed E-state index contributed by atoms with van der Waals surface area (Å²) in [6.45, 7) is 5.59. The third-order valence-corrected chi connectivity index (χ3v) is 2.82. The van der Waals surface area contributed by atoms with E-state index in [1.807, 2.05) is 6.92 Å². The Morgan fingerprint density at radius 1 is 1.06 bits per heavy atom. The Kier molecular flexibility index (Phi) is 6.69. The summed E-state index contributed by atoms with van der Waals surface area (Å²) in [5.41, 5.74) is -0.615. The zero-order valence-corrected chi connectivity index (χ0v) is 10.9. The van der Waals surface area contributed by atoms with E-state index in [1.165, 1.54) is 0 Å². The van der Waals surface area contributed by atoms with Crippen LogP contribution in [0.2, 0.25) is 0 Å². The van der Waals surface area contributed by atoms with Gasteiger partial charge in [0.25, 0.3) is 0 Å². The zero-order chi connectivity index (χ0) is 13.5. The first kappa shape index (κ1) is 15.8. The smallest absolute Gasteiger partial charge is 0.303 e. The first-order valence-electron chi connectivity index (χ1n) is 6.10. The first-order valence-corrected chi connectivity index (χ1v) is 6.10. The lowest BCUT2D eigenvalue weighted by Crippen LogP contribution is -2.31. The summed E-state index contributed by atoms with van der Waals surface area (Å²) in [4.78, 5) is 33.7. The van der Waals surface area contributed by atoms with E-state index in [9.17, 15) is 14.4 Å². The maximum atomic E-state index is 11.8. The van der Waals surface area contributed by atoms with E-state index in [4.69, 9.17) is 5.11 Å². The SMILES string of the molecule is CCCCC(C)(C)C(=O)C(=O)CCCC(=O)O. The van der Waals surface area contributed by atoms with Crippen LogP contribution < -0.4 is 0 Å². The summed E-state index contributed by atoms with van der Waals surface area (Å²) < 4.78 is 0. The van der Waals surface area contributed by atoms with Gasteiger partial charge in [0.1, 0.15) is 0 Å². The number of carbonyl (C=O) groups is 3. The standard InChI is InChI=1S/C13H22O4/c1-4-5-9-13(2,3)12(17)10(14)7-6-8-11(15)16/h4-9H2,1-3H3,(H,15,16). The van der Waals surface area contributed by atoms with Crippen LogP contribution in [0.25, 0.3) is 0 Å². The van der Waals surface area contributed by atoms with E-state index < -0.39 is 17.2 Å². The summed E-state index contributed by atoms with van der Waals surface area (Å²) in [5, 5.41) is 8.44. The highest BCUT2D eigenvalue weighted by Crippen LogP contribution is 2.25. The highest BCUT2D eigenvalue weighted by Gasteiger charge is 2.31. The molecule has 0 saturated carbocycles. The number of hydrogen-bond donors (Lipinski definition) is 1. The second kappa shape index (κ2) is 7.20. The molecule has 4 heteroatoms. The van der Waals surface area contributed by atoms with Crippen molar-refractivity contribution in [1.82, 2.24) is 0 Å². The van der Waals surface area contributed by atoms with Crippen molar-refractivity contribution in [1.29, 1.82) is 0 Å². The van der Waals surface area contributed by atoms with Gasteiger partial charge < -0.3 is 5.11 Å². The Morgan fingerprint density at radius 3 is 2.12 bits per heavy atom. The molecule has 98 valence electrons. The number of rotatable bonds is 9. The van der Waals surface area contributed by atoms with Crippen molar-refractivity contribution >= 4 is 17.5 Å². The molecule has 17 heavy (non-hydrogen) atoms. The van der Waals surface area contributed by atoms with Crippen molar-refractivity contribution in [2.75, 3.05) is 0 Å². The molecule has 0 rings (SSSR count). The van der Waals surface area contributed by atoms with Gasteiger partial charge in [-0.3, -0.25) is 14.4 Å². The third kappa shape index (κ3) is 6.19. The van der Waals surface area contributed by atoms with Crippen LogP contribution in [0.15, 0.2) is 0 Å². The lowest BCUT2D eigenvalue weighted by atomic mass is 9.80. The van der Waals surface area contributed by atoms with Crippen LogP contribution in [0, 0.1) is 5.41 Å². The molecule has 0 amide bonds. The number of unbranched alkanes of at least 4 members (excludes halogenated alkanes) is 1. The summed E-state index contributed by atoms with van der Waals surface area (Å²) in [6, 6.07) is 0. The fraction of sp³-hybridized carbons (Fsp3) is 0.769. The molecule has 0 aliphatic carbocycles. The maximum Gasteiger partial charge on any atom is 0.303 e. The van der Waals surface area contributed by atoms with Crippen LogP contribution in [0.4, 0.5) is 0 Å². The van der Waals surface area contributed by atoms with Gasteiger partial charge in [-0.15, -0.1) is 0 Å². The molecule has 0 heterocycles. The Balaban J connectivity index is 4.19. The van der Waals surface area contributed by atoms with Crippen molar-refractivity contribution in [3.63, 3.8) is 0 Å². The average molecular weight is 242 g/mol. The fourth-order valence-corrected chi connectivity index (χ4v) is 1.62. The highest BCUT2D eigenvalue weighted by molar-refractivity contribution is 6.38. The minimum Gasteiger partial charge on any atom is -0.481 e. The van der Waals surface area contributed by atoms with Crippen LogP contribution in [0.5, 0.6) is 0 Å². The molecule has 4 nitrogen and oxygen atoms in total. The molecule has 0 unspecified atom stereocenters. The second-order valence-corrected chi connectivity index (χ2v) is 4.99. The van der Waals surface area contributed by atoms with E-state index in [-0.39, 0.29) is 25.0 Å². The quantitative estimate of drug-likeness (QED) is 0.631. The molecular weight excluding hydrogens is 220 g/mol. The van der Waals surface area contributed by atoms with Crippen molar-refractivity contribution < 1.29 is 19.5 Å². The molecule has 0 aliphatic rings. The lowest BCUT2D eigenvalue weighted by molar-refractivity contribution is -0.142. The van der Waals surface area contributed by atoms with Gasteiger partial charge in [-0.25, -0.2) is 0 Å². The predicted octanol–water partition coefficient (Wildman–Crippen LogP) is 2.60. The van der Waals surface area contributed by atoms with Gasteiger partial charge in [-0.2, -0.15) is 0 Å². The number of carboxylic acid groups (broad SMARTS) is 1.